The van der Waals surface area contributed by atoms with Crippen molar-refractivity contribution < 1.29 is 71.7 Å². The number of hydrogen-bond donors (Lipinski definition) is 0. The Morgan fingerprint density at radius 1 is 0.239 bits per heavy atom. The Hall–Kier alpha value is -10.4. The molecule has 0 unspecified atom stereocenters. The van der Waals surface area contributed by atoms with E-state index in [9.17, 15) is 14.4 Å². The predicted octanol–water partition coefficient (Wildman–Crippen LogP) is 18.7. The summed E-state index contributed by atoms with van der Waals surface area (Å²) < 4.78 is 29.8. The van der Waals surface area contributed by atoms with E-state index < -0.39 is 130 Å². The lowest BCUT2D eigenvalue weighted by molar-refractivity contribution is -0.147. The van der Waals surface area contributed by atoms with E-state index in [1.54, 1.807) is 41.4 Å². The number of ether oxygens (including phenoxy) is 4. The Bertz CT molecular complexity index is 4820. The van der Waals surface area contributed by atoms with Gasteiger partial charge in [-0.15, -0.1) is 0 Å². The Labute approximate surface area is 691 Å². The maximum Gasteiger partial charge on any atom is 0.325 e. The summed E-state index contributed by atoms with van der Waals surface area (Å²) in [6.45, 7) is 51.1. The second kappa shape index (κ2) is 33.5. The van der Waals surface area contributed by atoms with Gasteiger partial charge in [-0.1, -0.05) is 166 Å². The lowest BCUT2D eigenvalue weighted by Crippen LogP contribution is -2.29. The highest BCUT2D eigenvalue weighted by molar-refractivity contribution is 6.16. The van der Waals surface area contributed by atoms with Crippen molar-refractivity contribution in [1.29, 1.82) is 0 Å². The minimum Gasteiger partial charge on any atom is -0.466 e. The highest BCUT2D eigenvalue weighted by Crippen LogP contribution is 2.51. The number of rotatable bonds is 18. The smallest absolute Gasteiger partial charge is 0.325 e. The van der Waals surface area contributed by atoms with Gasteiger partial charge in [-0.25, -0.2) is 0 Å². The molecule has 0 aromatic carbocycles. The molecule has 0 saturated heterocycles. The lowest BCUT2D eigenvalue weighted by Gasteiger charge is -2.33. The summed E-state index contributed by atoms with van der Waals surface area (Å²) in [5, 5.41) is 0. The number of ketones is 7. The number of Topliss-reactive ketones (excluding diaryl/α,β-unsaturated/α-hetero) is 7. The molecular formula is C98H122N4O15. The SMILES string of the molecule is CCOC(=O)CC(=O)Cn1c2ccc1C(=C1C=C(C(C)(C)C)C(=O)C(C(C)(C)C)=C1)c1ccc(n1CC(=O)CC(=O)OCC)C(=C1C=C(C(C)(C)C)C(=O)C(C(C)(C)C)=C1)c1ccc(n1CC(=O)OCC)C(=C1C=C(C(C)(C)C)C(=O)C(C(C)(C)C)=C1)c1ccc(n1CC(=O)CC(=O)OCC)C2=C1C=C(C(C)(C)C)C(=O)C(C(C)(C)C)=C1. The molecule has 0 amide bonds. The van der Waals surface area contributed by atoms with Gasteiger partial charge in [0, 0.05) is 66.9 Å². The number of carbonyl (C=O) groups is 11. The molecule has 0 spiro atoms. The zero-order chi connectivity index (χ0) is 87.4. The third kappa shape index (κ3) is 19.4. The average Bonchev–Trinajstić information content (AvgIpc) is 1.58. The third-order valence-corrected chi connectivity index (χ3v) is 21.5. The molecule has 0 radical (unpaired) electrons. The van der Waals surface area contributed by atoms with Crippen LogP contribution in [0, 0.1) is 43.3 Å². The molecular weight excluding hydrogens is 1470 g/mol. The van der Waals surface area contributed by atoms with Crippen LogP contribution in [-0.4, -0.2) is 109 Å². The van der Waals surface area contributed by atoms with E-state index in [0.717, 1.165) is 0 Å². The first-order valence-corrected chi connectivity index (χ1v) is 40.9. The highest BCUT2D eigenvalue weighted by Gasteiger charge is 2.43. The van der Waals surface area contributed by atoms with E-state index in [1.807, 2.05) is 268 Å². The zero-order valence-electron chi connectivity index (χ0n) is 74.4. The van der Waals surface area contributed by atoms with Gasteiger partial charge < -0.3 is 37.2 Å². The van der Waals surface area contributed by atoms with Crippen LogP contribution in [0.1, 0.15) is 259 Å². The Morgan fingerprint density at radius 3 is 0.530 bits per heavy atom. The first-order valence-electron chi connectivity index (χ1n) is 40.9. The normalized spacial score (nSPS) is 16.3. The van der Waals surface area contributed by atoms with Crippen molar-refractivity contribution >= 4 is 86.7 Å². The molecule has 1 aliphatic heterocycles. The Kier molecular flexibility index (Phi) is 25.9. The van der Waals surface area contributed by atoms with Gasteiger partial charge in [0.05, 0.1) is 91.6 Å². The van der Waals surface area contributed by atoms with Gasteiger partial charge in [-0.2, -0.15) is 0 Å². The van der Waals surface area contributed by atoms with E-state index in [4.69, 9.17) is 18.9 Å². The first kappa shape index (κ1) is 90.5. The molecule has 9 rings (SSSR count). The number of esters is 4. The van der Waals surface area contributed by atoms with Crippen LogP contribution in [0.2, 0.25) is 0 Å². The molecule has 0 N–H and O–H groups in total. The summed E-state index contributed by atoms with van der Waals surface area (Å²) in [6.07, 6.45) is 12.7. The van der Waals surface area contributed by atoms with Gasteiger partial charge in [0.2, 0.25) is 0 Å². The van der Waals surface area contributed by atoms with Crippen molar-refractivity contribution in [2.75, 3.05) is 26.4 Å². The molecule has 0 saturated carbocycles. The van der Waals surface area contributed by atoms with Crippen LogP contribution >= 0.6 is 0 Å². The molecule has 0 atom stereocenters. The molecule has 4 aromatic rings. The van der Waals surface area contributed by atoms with Crippen LogP contribution in [0.25, 0.3) is 22.3 Å². The van der Waals surface area contributed by atoms with E-state index >= 15 is 38.4 Å². The molecule has 5 aliphatic rings. The fourth-order valence-electron chi connectivity index (χ4n) is 15.7. The van der Waals surface area contributed by atoms with Gasteiger partial charge in [0.1, 0.15) is 25.8 Å². The topological polar surface area (TPSA) is 244 Å². The monoisotopic (exact) mass is 1590 g/mol. The van der Waals surface area contributed by atoms with E-state index in [-0.39, 0.29) is 49.6 Å². The van der Waals surface area contributed by atoms with E-state index in [0.29, 0.717) is 135 Å². The molecule has 0 fully saturated rings. The summed E-state index contributed by atoms with van der Waals surface area (Å²) in [5.74, 6) is -5.68. The summed E-state index contributed by atoms with van der Waals surface area (Å²) in [5.41, 5.74) is 2.53. The largest absolute Gasteiger partial charge is 0.466 e. The first-order chi connectivity index (χ1) is 54.0. The lowest BCUT2D eigenvalue weighted by atomic mass is 9.71. The molecule has 19 heteroatoms. The fourth-order valence-corrected chi connectivity index (χ4v) is 15.7. The van der Waals surface area contributed by atoms with Crippen molar-refractivity contribution in [3.63, 3.8) is 0 Å². The second-order valence-corrected chi connectivity index (χ2v) is 39.2. The van der Waals surface area contributed by atoms with E-state index in [2.05, 4.69) is 0 Å². The number of nitrogens with zero attached hydrogens (tertiary/aromatic N) is 4. The van der Waals surface area contributed by atoms with Crippen LogP contribution in [0.3, 0.4) is 0 Å². The van der Waals surface area contributed by atoms with Crippen molar-refractivity contribution in [3.8, 4) is 0 Å². The van der Waals surface area contributed by atoms with Gasteiger partial charge in [0.15, 0.2) is 40.5 Å². The van der Waals surface area contributed by atoms with Crippen molar-refractivity contribution in [1.82, 2.24) is 18.3 Å². The van der Waals surface area contributed by atoms with Crippen LogP contribution < -0.4 is 0 Å². The average molecular weight is 1600 g/mol. The zero-order valence-corrected chi connectivity index (χ0v) is 74.4. The van der Waals surface area contributed by atoms with Crippen molar-refractivity contribution in [2.45, 2.75) is 239 Å². The molecule has 8 bridgehead atoms. The van der Waals surface area contributed by atoms with Gasteiger partial charge in [-0.05, 0) is 190 Å². The van der Waals surface area contributed by atoms with Crippen LogP contribution in [0.15, 0.2) is 164 Å². The van der Waals surface area contributed by atoms with Gasteiger partial charge in [0.25, 0.3) is 0 Å². The second-order valence-electron chi connectivity index (χ2n) is 39.2. The minimum absolute atomic E-state index is 0.0283. The maximum absolute atomic E-state index is 15.8. The summed E-state index contributed by atoms with van der Waals surface area (Å²) >= 11 is 0. The number of fused-ring (bicyclic) bond motifs is 8. The van der Waals surface area contributed by atoms with Gasteiger partial charge in [-0.3, -0.25) is 52.7 Å². The van der Waals surface area contributed by atoms with Gasteiger partial charge >= 0.3 is 23.9 Å². The van der Waals surface area contributed by atoms with Crippen LogP contribution in [0.5, 0.6) is 0 Å². The molecule has 117 heavy (non-hydrogen) atoms. The molecule has 19 nitrogen and oxygen atoms in total. The molecule has 5 heterocycles. The quantitative estimate of drug-likeness (QED) is 0.0450. The van der Waals surface area contributed by atoms with Crippen molar-refractivity contribution in [3.05, 3.63) is 210 Å². The highest BCUT2D eigenvalue weighted by atomic mass is 16.5. The summed E-state index contributed by atoms with van der Waals surface area (Å²) in [6, 6.07) is 14.7. The number of carbonyl (C=O) groups excluding carboxylic acids is 11. The standard InChI is InChI=1S/C98H122N4O15/c1-29-114-79(106)49-60(103)52-99-71-33-34-72(99)84(57-43-65(93(11,12)13)88(111)66(44-57)94(14,15)16)74-36-38-76(101(74)54-62(105)51-81(108)116-31-3)86(59-47-69(97(23,24)25)90(113)70(48-59)98(26,27)28)78-40-39-77(102(78)55-82(109)117-32-4)85(58-45-67(95(17,18)19)89(112)68(46-58)96(20,21)22)75-37-35-73(100(75)53-61(104)50-80(107)115-30-2)83(71)56-41-63(91(5,6)7)87(110)64(42-56)92(8,9)10/h33-48H,29-32,49-55H2,1-28H3. The molecule has 4 aromatic heterocycles. The fraction of sp³-hybridized carbons (Fsp3) is 0.480. The maximum atomic E-state index is 15.8. The summed E-state index contributed by atoms with van der Waals surface area (Å²) in [7, 11) is 0. The molecule has 4 aliphatic carbocycles. The van der Waals surface area contributed by atoms with E-state index in [1.165, 1.54) is 0 Å². The van der Waals surface area contributed by atoms with Crippen molar-refractivity contribution in [2.24, 2.45) is 43.3 Å². The third-order valence-electron chi connectivity index (χ3n) is 21.5. The van der Waals surface area contributed by atoms with Crippen LogP contribution in [0.4, 0.5) is 0 Å². The number of hydrogen-bond acceptors (Lipinski definition) is 15. The Balaban J connectivity index is 1.78. The number of aromatic nitrogens is 4. The Morgan fingerprint density at radius 2 is 0.385 bits per heavy atom. The predicted molar refractivity (Wildman–Crippen MR) is 458 cm³/mol. The number of allylic oxidation sites excluding steroid dienone is 20. The molecule has 624 valence electrons. The minimum atomic E-state index is -0.836. The van der Waals surface area contributed by atoms with Crippen LogP contribution in [-0.2, 0) is 97.9 Å². The summed E-state index contributed by atoms with van der Waals surface area (Å²) in [4.78, 5) is 167.